The van der Waals surface area contributed by atoms with Crippen LogP contribution in [0.25, 0.3) is 0 Å². The lowest BCUT2D eigenvalue weighted by Crippen LogP contribution is -2.42. The van der Waals surface area contributed by atoms with Crippen LogP contribution in [-0.2, 0) is 16.1 Å². The number of carbonyl (C=O) groups is 1. The molecule has 19 heavy (non-hydrogen) atoms. The summed E-state index contributed by atoms with van der Waals surface area (Å²) in [6, 6.07) is 4.61. The number of hydrogen-bond donors (Lipinski definition) is 1. The molecule has 0 bridgehead atoms. The number of amides is 1. The summed E-state index contributed by atoms with van der Waals surface area (Å²) in [4.78, 5) is 15.8. The van der Waals surface area contributed by atoms with Crippen LogP contribution in [0, 0.1) is 0 Å². The van der Waals surface area contributed by atoms with Gasteiger partial charge in [0.2, 0.25) is 5.91 Å². The van der Waals surface area contributed by atoms with Gasteiger partial charge in [0.25, 0.3) is 0 Å². The van der Waals surface area contributed by atoms with E-state index in [1.165, 1.54) is 4.88 Å². The molecule has 3 rings (SSSR count). The molecule has 0 spiro atoms. The van der Waals surface area contributed by atoms with E-state index in [0.717, 1.165) is 32.5 Å². The lowest BCUT2D eigenvalue weighted by Gasteiger charge is -2.27. The molecule has 1 aromatic heterocycles. The SMILES string of the molecule is O=C(CC1CNCCO1)N(Cc1cccs1)C1CC1. The second-order valence-corrected chi connectivity index (χ2v) is 6.27. The van der Waals surface area contributed by atoms with Crippen LogP contribution in [0.2, 0.25) is 0 Å². The highest BCUT2D eigenvalue weighted by molar-refractivity contribution is 7.09. The zero-order chi connectivity index (χ0) is 13.1. The zero-order valence-corrected chi connectivity index (χ0v) is 11.8. The molecule has 1 aromatic rings. The molecular weight excluding hydrogens is 260 g/mol. The van der Waals surface area contributed by atoms with Gasteiger partial charge in [0, 0.05) is 24.0 Å². The average molecular weight is 280 g/mol. The maximum absolute atomic E-state index is 12.4. The van der Waals surface area contributed by atoms with E-state index in [-0.39, 0.29) is 12.0 Å². The Morgan fingerprint density at radius 3 is 3.05 bits per heavy atom. The van der Waals surface area contributed by atoms with Gasteiger partial charge in [-0.3, -0.25) is 4.79 Å². The van der Waals surface area contributed by atoms with Gasteiger partial charge in [0.05, 0.1) is 25.7 Å². The molecule has 1 amide bonds. The van der Waals surface area contributed by atoms with Gasteiger partial charge in [0.1, 0.15) is 0 Å². The minimum Gasteiger partial charge on any atom is -0.375 e. The van der Waals surface area contributed by atoms with Crippen molar-refractivity contribution in [1.82, 2.24) is 10.2 Å². The Balaban J connectivity index is 1.57. The Morgan fingerprint density at radius 2 is 2.42 bits per heavy atom. The van der Waals surface area contributed by atoms with Crippen LogP contribution in [-0.4, -0.2) is 42.6 Å². The van der Waals surface area contributed by atoms with E-state index in [9.17, 15) is 4.79 Å². The summed E-state index contributed by atoms with van der Waals surface area (Å²) in [5.74, 6) is 0.240. The zero-order valence-electron chi connectivity index (χ0n) is 11.0. The number of nitrogens with one attached hydrogen (secondary N) is 1. The molecule has 0 radical (unpaired) electrons. The minimum absolute atomic E-state index is 0.0471. The first kappa shape index (κ1) is 13.1. The van der Waals surface area contributed by atoms with Crippen LogP contribution in [0.4, 0.5) is 0 Å². The van der Waals surface area contributed by atoms with E-state index >= 15 is 0 Å². The fourth-order valence-corrected chi connectivity index (χ4v) is 3.14. The summed E-state index contributed by atoms with van der Waals surface area (Å²) < 4.78 is 5.63. The van der Waals surface area contributed by atoms with Crippen molar-refractivity contribution < 1.29 is 9.53 Å². The first-order valence-electron chi connectivity index (χ1n) is 6.97. The van der Waals surface area contributed by atoms with Gasteiger partial charge in [-0.2, -0.15) is 0 Å². The molecule has 1 saturated carbocycles. The molecule has 0 aromatic carbocycles. The molecule has 5 heteroatoms. The maximum Gasteiger partial charge on any atom is 0.225 e. The predicted octanol–water partition coefficient (Wildman–Crippen LogP) is 1.62. The highest BCUT2D eigenvalue weighted by Gasteiger charge is 2.33. The number of rotatable bonds is 5. The smallest absolute Gasteiger partial charge is 0.225 e. The van der Waals surface area contributed by atoms with Gasteiger partial charge < -0.3 is 15.0 Å². The van der Waals surface area contributed by atoms with Crippen LogP contribution in [0.3, 0.4) is 0 Å². The molecule has 2 heterocycles. The second-order valence-electron chi connectivity index (χ2n) is 5.23. The number of ether oxygens (including phenoxy) is 1. The van der Waals surface area contributed by atoms with Crippen molar-refractivity contribution in [3.63, 3.8) is 0 Å². The molecular formula is C14H20N2O2S. The fourth-order valence-electron chi connectivity index (χ4n) is 2.44. The summed E-state index contributed by atoms with van der Waals surface area (Å²) in [7, 11) is 0. The average Bonchev–Trinajstić information content (AvgIpc) is 3.14. The number of morpholine rings is 1. The van der Waals surface area contributed by atoms with Crippen LogP contribution in [0.15, 0.2) is 17.5 Å². The minimum atomic E-state index is 0.0471. The molecule has 2 fully saturated rings. The van der Waals surface area contributed by atoms with Gasteiger partial charge in [0.15, 0.2) is 0 Å². The van der Waals surface area contributed by atoms with E-state index < -0.39 is 0 Å². The molecule has 1 saturated heterocycles. The van der Waals surface area contributed by atoms with Gasteiger partial charge in [-0.05, 0) is 24.3 Å². The van der Waals surface area contributed by atoms with E-state index in [1.807, 2.05) is 11.0 Å². The lowest BCUT2D eigenvalue weighted by molar-refractivity contribution is -0.135. The Kier molecular flexibility index (Phi) is 4.15. The summed E-state index contributed by atoms with van der Waals surface area (Å²) in [5, 5.41) is 5.34. The summed E-state index contributed by atoms with van der Waals surface area (Å²) >= 11 is 1.72. The van der Waals surface area contributed by atoms with Crippen LogP contribution < -0.4 is 5.32 Å². The van der Waals surface area contributed by atoms with Crippen molar-refractivity contribution in [1.29, 1.82) is 0 Å². The number of thiophene rings is 1. The molecule has 1 unspecified atom stereocenters. The largest absolute Gasteiger partial charge is 0.375 e. The Labute approximate surface area is 117 Å². The second kappa shape index (κ2) is 6.03. The molecule has 1 N–H and O–H groups in total. The van der Waals surface area contributed by atoms with Crippen molar-refractivity contribution in [3.8, 4) is 0 Å². The van der Waals surface area contributed by atoms with E-state index in [4.69, 9.17) is 4.74 Å². The van der Waals surface area contributed by atoms with Gasteiger partial charge >= 0.3 is 0 Å². The van der Waals surface area contributed by atoms with E-state index in [2.05, 4.69) is 16.8 Å². The van der Waals surface area contributed by atoms with Gasteiger partial charge in [-0.15, -0.1) is 11.3 Å². The Bertz CT molecular complexity index is 411. The Morgan fingerprint density at radius 1 is 1.53 bits per heavy atom. The molecule has 1 aliphatic carbocycles. The van der Waals surface area contributed by atoms with Crippen LogP contribution >= 0.6 is 11.3 Å². The summed E-state index contributed by atoms with van der Waals surface area (Å²) in [6.45, 7) is 3.17. The lowest BCUT2D eigenvalue weighted by atomic mass is 10.2. The highest BCUT2D eigenvalue weighted by Crippen LogP contribution is 2.30. The maximum atomic E-state index is 12.4. The summed E-state index contributed by atoms with van der Waals surface area (Å²) in [5.41, 5.74) is 0. The monoisotopic (exact) mass is 280 g/mol. The third kappa shape index (κ3) is 3.55. The molecule has 104 valence electrons. The molecule has 2 aliphatic rings. The van der Waals surface area contributed by atoms with Crippen LogP contribution in [0.5, 0.6) is 0 Å². The quantitative estimate of drug-likeness (QED) is 0.891. The topological polar surface area (TPSA) is 41.6 Å². The first-order valence-corrected chi connectivity index (χ1v) is 7.85. The fraction of sp³-hybridized carbons (Fsp3) is 0.643. The number of hydrogen-bond acceptors (Lipinski definition) is 4. The van der Waals surface area contributed by atoms with Crippen molar-refractivity contribution in [2.75, 3.05) is 19.7 Å². The molecule has 1 atom stereocenters. The third-order valence-corrected chi connectivity index (χ3v) is 4.48. The van der Waals surface area contributed by atoms with Crippen molar-refractivity contribution in [2.24, 2.45) is 0 Å². The molecule has 1 aliphatic heterocycles. The highest BCUT2D eigenvalue weighted by atomic mass is 32.1. The van der Waals surface area contributed by atoms with E-state index in [0.29, 0.717) is 19.1 Å². The third-order valence-electron chi connectivity index (χ3n) is 3.62. The number of carbonyl (C=O) groups excluding carboxylic acids is 1. The number of nitrogens with zero attached hydrogens (tertiary/aromatic N) is 1. The standard InChI is InChI=1S/C14H20N2O2S/c17-14(8-12-9-15-5-6-18-12)16(11-3-4-11)10-13-2-1-7-19-13/h1-2,7,11-12,15H,3-6,8-10H2. The first-order chi connectivity index (χ1) is 9.33. The van der Waals surface area contributed by atoms with Crippen molar-refractivity contribution in [3.05, 3.63) is 22.4 Å². The van der Waals surface area contributed by atoms with E-state index in [1.54, 1.807) is 11.3 Å². The molecule has 4 nitrogen and oxygen atoms in total. The van der Waals surface area contributed by atoms with Crippen molar-refractivity contribution in [2.45, 2.75) is 38.0 Å². The summed E-state index contributed by atoms with van der Waals surface area (Å²) in [6.07, 6.45) is 2.86. The van der Waals surface area contributed by atoms with Crippen LogP contribution in [0.1, 0.15) is 24.1 Å². The predicted molar refractivity (Wildman–Crippen MR) is 75.1 cm³/mol. The Hall–Kier alpha value is -0.910. The van der Waals surface area contributed by atoms with Crippen molar-refractivity contribution >= 4 is 17.2 Å². The van der Waals surface area contributed by atoms with Gasteiger partial charge in [-0.25, -0.2) is 0 Å². The normalized spacial score (nSPS) is 23.3. The van der Waals surface area contributed by atoms with Gasteiger partial charge in [-0.1, -0.05) is 6.07 Å².